The number of fused-ring (bicyclic) bond motifs is 1. The second-order valence-corrected chi connectivity index (χ2v) is 9.58. The Hall–Kier alpha value is -3.74. The van der Waals surface area contributed by atoms with Crippen molar-refractivity contribution in [1.29, 1.82) is 5.26 Å². The maximum atomic E-state index is 13.3. The number of halogens is 2. The Labute approximate surface area is 224 Å². The summed E-state index contributed by atoms with van der Waals surface area (Å²) < 4.78 is 5.60. The lowest BCUT2D eigenvalue weighted by Gasteiger charge is -2.23. The second kappa shape index (κ2) is 12.0. The van der Waals surface area contributed by atoms with Crippen LogP contribution in [0.3, 0.4) is 0 Å². The number of nitriles is 1. The largest absolute Gasteiger partial charge is 0.461 e. The summed E-state index contributed by atoms with van der Waals surface area (Å²) in [6.45, 7) is 2.44. The minimum atomic E-state index is -0.732. The van der Waals surface area contributed by atoms with Crippen molar-refractivity contribution < 1.29 is 14.0 Å². The fourth-order valence-electron chi connectivity index (χ4n) is 4.14. The van der Waals surface area contributed by atoms with Gasteiger partial charge in [-0.3, -0.25) is 14.9 Å². The summed E-state index contributed by atoms with van der Waals surface area (Å²) in [5.41, 5.74) is 2.17. The maximum Gasteiger partial charge on any atom is 0.247 e. The number of aryl methyl sites for hydroxylation is 1. The van der Waals surface area contributed by atoms with Crippen LogP contribution in [0.5, 0.6) is 0 Å². The number of carbonyl (C=O) groups is 2. The number of anilines is 1. The molecule has 2 aromatic carbocycles. The zero-order valence-electron chi connectivity index (χ0n) is 20.2. The number of hydrogen-bond donors (Lipinski definition) is 3. The third kappa shape index (κ3) is 6.94. The second-order valence-electron chi connectivity index (χ2n) is 8.73. The predicted octanol–water partition coefficient (Wildman–Crippen LogP) is 4.58. The molecular formula is C26H26Cl2N6O3. The first-order valence-corrected chi connectivity index (χ1v) is 12.6. The van der Waals surface area contributed by atoms with Crippen LogP contribution in [-0.4, -0.2) is 41.8 Å². The molecule has 2 heterocycles. The number of amides is 2. The van der Waals surface area contributed by atoms with Gasteiger partial charge in [-0.25, -0.2) is 4.99 Å². The summed E-state index contributed by atoms with van der Waals surface area (Å²) in [4.78, 5) is 31.9. The van der Waals surface area contributed by atoms with Crippen molar-refractivity contribution in [2.24, 2.45) is 4.99 Å². The highest BCUT2D eigenvalue weighted by Gasteiger charge is 2.28. The van der Waals surface area contributed by atoms with Crippen LogP contribution >= 0.6 is 23.2 Å². The molecule has 1 aliphatic heterocycles. The first-order chi connectivity index (χ1) is 17.8. The molecule has 1 fully saturated rings. The van der Waals surface area contributed by atoms with Crippen LogP contribution in [-0.2, 0) is 16.1 Å². The van der Waals surface area contributed by atoms with Crippen LogP contribution < -0.4 is 16.0 Å². The number of hydrogen-bond acceptors (Lipinski definition) is 5. The molecule has 4 rings (SSSR count). The average molecular weight is 541 g/mol. The van der Waals surface area contributed by atoms with Gasteiger partial charge in [0, 0.05) is 34.2 Å². The minimum absolute atomic E-state index is 0.0962. The van der Waals surface area contributed by atoms with E-state index < -0.39 is 6.04 Å². The summed E-state index contributed by atoms with van der Waals surface area (Å²) in [7, 11) is 0. The molecule has 1 aromatic heterocycles. The average Bonchev–Trinajstić information content (AvgIpc) is 3.14. The van der Waals surface area contributed by atoms with Gasteiger partial charge in [0.25, 0.3) is 0 Å². The molecule has 0 radical (unpaired) electrons. The Morgan fingerprint density at radius 2 is 2.05 bits per heavy atom. The normalized spacial score (nSPS) is 16.3. The SMILES string of the molecule is Cc1cc2cc(NC(=N[C@H]3CCCCN(CC(=O)NCc4ccc(Cl)cc4Cl)C3=O)NC#N)ccc2o1. The molecule has 0 bridgehead atoms. The van der Waals surface area contributed by atoms with Crippen LogP contribution in [0.2, 0.25) is 10.0 Å². The fraction of sp³-hybridized carbons (Fsp3) is 0.308. The third-order valence-electron chi connectivity index (χ3n) is 5.94. The van der Waals surface area contributed by atoms with Gasteiger partial charge >= 0.3 is 0 Å². The van der Waals surface area contributed by atoms with Crippen LogP contribution in [0.4, 0.5) is 5.69 Å². The van der Waals surface area contributed by atoms with Crippen molar-refractivity contribution in [3.63, 3.8) is 0 Å². The van der Waals surface area contributed by atoms with E-state index in [-0.39, 0.29) is 30.9 Å². The van der Waals surface area contributed by atoms with Gasteiger partial charge in [-0.2, -0.15) is 5.26 Å². The van der Waals surface area contributed by atoms with Gasteiger partial charge < -0.3 is 20.0 Å². The Bertz CT molecular complexity index is 1380. The molecule has 3 N–H and O–H groups in total. The molecule has 1 atom stereocenters. The maximum absolute atomic E-state index is 13.3. The van der Waals surface area contributed by atoms with E-state index in [9.17, 15) is 14.9 Å². The molecule has 0 aliphatic carbocycles. The number of nitrogens with one attached hydrogen (secondary N) is 3. The Morgan fingerprint density at radius 3 is 2.84 bits per heavy atom. The Kier molecular flexibility index (Phi) is 8.54. The molecule has 2 amide bonds. The van der Waals surface area contributed by atoms with Crippen molar-refractivity contribution in [2.45, 2.75) is 38.8 Å². The molecule has 1 saturated heterocycles. The smallest absolute Gasteiger partial charge is 0.247 e. The van der Waals surface area contributed by atoms with Crippen LogP contribution in [0, 0.1) is 18.4 Å². The minimum Gasteiger partial charge on any atom is -0.461 e. The van der Waals surface area contributed by atoms with E-state index in [2.05, 4.69) is 20.9 Å². The fourth-order valence-corrected chi connectivity index (χ4v) is 4.62. The number of likely N-dealkylation sites (tertiary alicyclic amines) is 1. The summed E-state index contributed by atoms with van der Waals surface area (Å²) in [5, 5.41) is 19.5. The van der Waals surface area contributed by atoms with E-state index in [0.29, 0.717) is 28.7 Å². The first kappa shape index (κ1) is 26.3. The molecule has 9 nitrogen and oxygen atoms in total. The molecule has 192 valence electrons. The summed E-state index contributed by atoms with van der Waals surface area (Å²) >= 11 is 12.1. The lowest BCUT2D eigenvalue weighted by Crippen LogP contribution is -2.44. The highest BCUT2D eigenvalue weighted by molar-refractivity contribution is 6.35. The number of nitrogens with zero attached hydrogens (tertiary/aromatic N) is 3. The lowest BCUT2D eigenvalue weighted by atomic mass is 10.1. The monoisotopic (exact) mass is 540 g/mol. The van der Waals surface area contributed by atoms with E-state index in [1.54, 1.807) is 24.3 Å². The van der Waals surface area contributed by atoms with Gasteiger partial charge in [0.15, 0.2) is 6.19 Å². The molecule has 3 aromatic rings. The summed E-state index contributed by atoms with van der Waals surface area (Å²) in [6.07, 6.45) is 3.88. The summed E-state index contributed by atoms with van der Waals surface area (Å²) in [5.74, 6) is 0.378. The highest BCUT2D eigenvalue weighted by atomic mass is 35.5. The number of rotatable bonds is 6. The van der Waals surface area contributed by atoms with Crippen molar-refractivity contribution in [2.75, 3.05) is 18.4 Å². The molecule has 11 heteroatoms. The van der Waals surface area contributed by atoms with Gasteiger partial charge in [-0.1, -0.05) is 29.3 Å². The van der Waals surface area contributed by atoms with Gasteiger partial charge in [0.05, 0.1) is 6.54 Å². The quantitative estimate of drug-likeness (QED) is 0.182. The first-order valence-electron chi connectivity index (χ1n) is 11.8. The van der Waals surface area contributed by atoms with Gasteiger partial charge in [-0.05, 0) is 68.1 Å². The predicted molar refractivity (Wildman–Crippen MR) is 143 cm³/mol. The lowest BCUT2D eigenvalue weighted by molar-refractivity contribution is -0.136. The molecule has 37 heavy (non-hydrogen) atoms. The Balaban J connectivity index is 1.42. The molecule has 0 unspecified atom stereocenters. The zero-order valence-corrected chi connectivity index (χ0v) is 21.7. The summed E-state index contributed by atoms with van der Waals surface area (Å²) in [6, 6.07) is 11.7. The van der Waals surface area contributed by atoms with E-state index in [4.69, 9.17) is 27.6 Å². The van der Waals surface area contributed by atoms with Crippen LogP contribution in [0.15, 0.2) is 51.9 Å². The third-order valence-corrected chi connectivity index (χ3v) is 6.53. The highest BCUT2D eigenvalue weighted by Crippen LogP contribution is 2.23. The zero-order chi connectivity index (χ0) is 26.4. The number of carbonyl (C=O) groups excluding carboxylic acids is 2. The standard InChI is InChI=1S/C26H26Cl2N6O3/c1-16-10-18-11-20(7-8-23(18)37-16)32-26(31-15-29)33-22-4-2-3-9-34(25(22)36)14-24(35)30-13-17-5-6-19(27)12-21(17)28/h5-8,10-12,22H,2-4,9,13-14H2,1H3,(H,30,35)(H2,31,32,33)/t22-/m0/s1. The van der Waals surface area contributed by atoms with Crippen molar-refractivity contribution >= 4 is 57.6 Å². The van der Waals surface area contributed by atoms with E-state index in [1.807, 2.05) is 31.3 Å². The van der Waals surface area contributed by atoms with Gasteiger partial charge in [-0.15, -0.1) is 0 Å². The van der Waals surface area contributed by atoms with Crippen molar-refractivity contribution in [3.05, 3.63) is 63.8 Å². The van der Waals surface area contributed by atoms with Crippen LogP contribution in [0.1, 0.15) is 30.6 Å². The Morgan fingerprint density at radius 1 is 1.22 bits per heavy atom. The molecule has 0 saturated carbocycles. The molecular weight excluding hydrogens is 515 g/mol. The van der Waals surface area contributed by atoms with E-state index >= 15 is 0 Å². The van der Waals surface area contributed by atoms with E-state index in [1.165, 1.54) is 4.90 Å². The molecule has 0 spiro atoms. The number of benzene rings is 2. The number of guanidine groups is 1. The van der Waals surface area contributed by atoms with Gasteiger partial charge in [0.2, 0.25) is 17.8 Å². The van der Waals surface area contributed by atoms with Gasteiger partial charge in [0.1, 0.15) is 17.4 Å². The number of furan rings is 1. The van der Waals surface area contributed by atoms with Crippen molar-refractivity contribution in [1.82, 2.24) is 15.5 Å². The van der Waals surface area contributed by atoms with E-state index in [0.717, 1.165) is 35.1 Å². The number of aliphatic imine (C=N–C) groups is 1. The van der Waals surface area contributed by atoms with Crippen LogP contribution in [0.25, 0.3) is 11.0 Å². The molecule has 1 aliphatic rings. The topological polar surface area (TPSA) is 123 Å². The van der Waals surface area contributed by atoms with Crippen molar-refractivity contribution in [3.8, 4) is 6.19 Å².